The maximum atomic E-state index is 12.8. The van der Waals surface area contributed by atoms with Crippen LogP contribution in [-0.4, -0.2) is 21.5 Å². The third-order valence-electron chi connectivity index (χ3n) is 1.99. The lowest BCUT2D eigenvalue weighted by Crippen LogP contribution is -2.12. The number of carbonyl (C=O) groups is 1. The largest absolute Gasteiger partial charge is 0.297 e. The number of benzene rings is 1. The molecule has 0 fully saturated rings. The Bertz CT molecular complexity index is 590. The molecule has 94 valence electrons. The standard InChI is InChI=1S/C10H7ClFN3OS2/c1-17-10-14-9(18-15-10)13-8(16)6-3-2-5(12)4-7(6)11/h2-4H,1H3,(H,13,14,15,16). The summed E-state index contributed by atoms with van der Waals surface area (Å²) in [7, 11) is 0. The number of aromatic nitrogens is 2. The number of thioether (sulfide) groups is 1. The third-order valence-corrected chi connectivity index (χ3v) is 3.59. The number of carbonyl (C=O) groups excluding carboxylic acids is 1. The fourth-order valence-corrected chi connectivity index (χ4v) is 2.56. The molecule has 0 atom stereocenters. The molecule has 18 heavy (non-hydrogen) atoms. The van der Waals surface area contributed by atoms with E-state index in [2.05, 4.69) is 14.7 Å². The van der Waals surface area contributed by atoms with Crippen molar-refractivity contribution in [1.29, 1.82) is 0 Å². The average molecular weight is 304 g/mol. The van der Waals surface area contributed by atoms with E-state index in [4.69, 9.17) is 11.6 Å². The SMILES string of the molecule is CSc1nsc(NC(=O)c2ccc(F)cc2Cl)n1. The fourth-order valence-electron chi connectivity index (χ4n) is 1.18. The molecule has 1 N–H and O–H groups in total. The van der Waals surface area contributed by atoms with Gasteiger partial charge in [0.2, 0.25) is 10.3 Å². The second-order valence-electron chi connectivity index (χ2n) is 3.16. The van der Waals surface area contributed by atoms with Crippen LogP contribution in [0.25, 0.3) is 0 Å². The zero-order chi connectivity index (χ0) is 13.1. The van der Waals surface area contributed by atoms with E-state index in [1.54, 1.807) is 0 Å². The normalized spacial score (nSPS) is 10.4. The molecule has 0 saturated heterocycles. The van der Waals surface area contributed by atoms with E-state index < -0.39 is 11.7 Å². The minimum atomic E-state index is -0.489. The van der Waals surface area contributed by atoms with Crippen LogP contribution >= 0.6 is 34.9 Å². The molecule has 2 aromatic rings. The van der Waals surface area contributed by atoms with Gasteiger partial charge in [0.25, 0.3) is 5.91 Å². The third kappa shape index (κ3) is 2.98. The van der Waals surface area contributed by atoms with Crippen molar-refractivity contribution >= 4 is 45.9 Å². The second kappa shape index (κ2) is 5.64. The summed E-state index contributed by atoms with van der Waals surface area (Å²) in [5, 5.41) is 3.58. The molecule has 1 amide bonds. The van der Waals surface area contributed by atoms with Crippen molar-refractivity contribution in [3.05, 3.63) is 34.6 Å². The highest BCUT2D eigenvalue weighted by molar-refractivity contribution is 7.98. The molecule has 4 nitrogen and oxygen atoms in total. The van der Waals surface area contributed by atoms with Gasteiger partial charge in [0.1, 0.15) is 5.82 Å². The zero-order valence-electron chi connectivity index (χ0n) is 9.11. The molecule has 1 aromatic carbocycles. The van der Waals surface area contributed by atoms with Crippen LogP contribution in [0.15, 0.2) is 23.4 Å². The van der Waals surface area contributed by atoms with Crippen molar-refractivity contribution in [3.63, 3.8) is 0 Å². The number of hydrogen-bond acceptors (Lipinski definition) is 5. The first-order valence-corrected chi connectivity index (χ1v) is 7.12. The highest BCUT2D eigenvalue weighted by Crippen LogP contribution is 2.21. The van der Waals surface area contributed by atoms with Crippen LogP contribution in [0.2, 0.25) is 5.02 Å². The van der Waals surface area contributed by atoms with Crippen LogP contribution < -0.4 is 5.32 Å². The van der Waals surface area contributed by atoms with Crippen molar-refractivity contribution in [1.82, 2.24) is 9.36 Å². The first-order chi connectivity index (χ1) is 8.60. The van der Waals surface area contributed by atoms with Crippen molar-refractivity contribution < 1.29 is 9.18 Å². The number of amides is 1. The van der Waals surface area contributed by atoms with Gasteiger partial charge in [-0.2, -0.15) is 9.36 Å². The van der Waals surface area contributed by atoms with Gasteiger partial charge in [-0.05, 0) is 24.5 Å². The van der Waals surface area contributed by atoms with E-state index in [0.29, 0.717) is 10.3 Å². The Balaban J connectivity index is 2.16. The van der Waals surface area contributed by atoms with E-state index >= 15 is 0 Å². The van der Waals surface area contributed by atoms with Crippen molar-refractivity contribution in [2.75, 3.05) is 11.6 Å². The summed E-state index contributed by atoms with van der Waals surface area (Å²) in [6, 6.07) is 3.58. The molecule has 0 aliphatic rings. The molecule has 1 heterocycles. The summed E-state index contributed by atoms with van der Waals surface area (Å²) < 4.78 is 16.9. The van der Waals surface area contributed by atoms with Crippen LogP contribution in [0.1, 0.15) is 10.4 Å². The number of anilines is 1. The molecule has 0 bridgehead atoms. The Labute approximate surface area is 116 Å². The van der Waals surface area contributed by atoms with Crippen LogP contribution in [0, 0.1) is 5.82 Å². The smallest absolute Gasteiger partial charge is 0.258 e. The van der Waals surface area contributed by atoms with Gasteiger partial charge in [0.15, 0.2) is 0 Å². The highest BCUT2D eigenvalue weighted by Gasteiger charge is 2.13. The maximum Gasteiger partial charge on any atom is 0.258 e. The zero-order valence-corrected chi connectivity index (χ0v) is 11.5. The topological polar surface area (TPSA) is 54.9 Å². The van der Waals surface area contributed by atoms with Crippen LogP contribution in [0.5, 0.6) is 0 Å². The quantitative estimate of drug-likeness (QED) is 0.884. The first kappa shape index (κ1) is 13.3. The van der Waals surface area contributed by atoms with Gasteiger partial charge >= 0.3 is 0 Å². The van der Waals surface area contributed by atoms with E-state index in [-0.39, 0.29) is 10.6 Å². The van der Waals surface area contributed by atoms with Gasteiger partial charge in [-0.25, -0.2) is 4.39 Å². The molecule has 0 radical (unpaired) electrons. The van der Waals surface area contributed by atoms with Crippen molar-refractivity contribution in [3.8, 4) is 0 Å². The van der Waals surface area contributed by atoms with Gasteiger partial charge in [0.05, 0.1) is 10.6 Å². The minimum absolute atomic E-state index is 0.0575. The van der Waals surface area contributed by atoms with Crippen LogP contribution in [-0.2, 0) is 0 Å². The van der Waals surface area contributed by atoms with Crippen molar-refractivity contribution in [2.45, 2.75) is 5.16 Å². The summed E-state index contributed by atoms with van der Waals surface area (Å²) in [6.45, 7) is 0. The van der Waals surface area contributed by atoms with Gasteiger partial charge in [-0.3, -0.25) is 10.1 Å². The Morgan fingerprint density at radius 3 is 2.94 bits per heavy atom. The number of rotatable bonds is 3. The molecule has 8 heteroatoms. The Hall–Kier alpha value is -1.18. The molecule has 0 saturated carbocycles. The maximum absolute atomic E-state index is 12.8. The average Bonchev–Trinajstić information content (AvgIpc) is 2.76. The summed E-state index contributed by atoms with van der Waals surface area (Å²) in [6.07, 6.45) is 1.84. The Kier molecular flexibility index (Phi) is 4.15. The lowest BCUT2D eigenvalue weighted by Gasteiger charge is -2.03. The second-order valence-corrected chi connectivity index (χ2v) is 5.10. The number of nitrogens with one attached hydrogen (secondary N) is 1. The number of halogens is 2. The van der Waals surface area contributed by atoms with Crippen LogP contribution in [0.4, 0.5) is 9.52 Å². The first-order valence-electron chi connectivity index (χ1n) is 4.74. The van der Waals surface area contributed by atoms with Gasteiger partial charge in [-0.1, -0.05) is 23.4 Å². The van der Waals surface area contributed by atoms with E-state index in [0.717, 1.165) is 17.6 Å². The fraction of sp³-hybridized carbons (Fsp3) is 0.100. The molecule has 0 spiro atoms. The summed E-state index contributed by atoms with van der Waals surface area (Å²) >= 11 is 8.24. The van der Waals surface area contributed by atoms with Crippen molar-refractivity contribution in [2.24, 2.45) is 0 Å². The number of nitrogens with zero attached hydrogens (tertiary/aromatic N) is 2. The molecule has 1 aromatic heterocycles. The van der Waals surface area contributed by atoms with E-state index in [1.165, 1.54) is 23.9 Å². The van der Waals surface area contributed by atoms with Gasteiger partial charge in [0, 0.05) is 11.5 Å². The van der Waals surface area contributed by atoms with Gasteiger partial charge in [-0.15, -0.1) is 0 Å². The van der Waals surface area contributed by atoms with E-state index in [9.17, 15) is 9.18 Å². The Morgan fingerprint density at radius 1 is 1.56 bits per heavy atom. The molecular weight excluding hydrogens is 297 g/mol. The lowest BCUT2D eigenvalue weighted by molar-refractivity contribution is 0.102. The number of hydrogen-bond donors (Lipinski definition) is 1. The molecule has 0 aliphatic carbocycles. The Morgan fingerprint density at radius 2 is 2.33 bits per heavy atom. The summed E-state index contributed by atoms with van der Waals surface area (Å²) in [4.78, 5) is 15.9. The monoisotopic (exact) mass is 303 g/mol. The predicted octanol–water partition coefficient (Wildman–Crippen LogP) is 3.30. The molecule has 2 rings (SSSR count). The lowest BCUT2D eigenvalue weighted by atomic mass is 10.2. The highest BCUT2D eigenvalue weighted by atomic mass is 35.5. The van der Waals surface area contributed by atoms with Crippen LogP contribution in [0.3, 0.4) is 0 Å². The minimum Gasteiger partial charge on any atom is -0.297 e. The molecule has 0 unspecified atom stereocenters. The van der Waals surface area contributed by atoms with E-state index in [1.807, 2.05) is 6.26 Å². The summed E-state index contributed by atoms with van der Waals surface area (Å²) in [5.41, 5.74) is 0.193. The predicted molar refractivity (Wildman–Crippen MR) is 71.1 cm³/mol. The summed E-state index contributed by atoms with van der Waals surface area (Å²) in [5.74, 6) is -0.930. The van der Waals surface area contributed by atoms with Gasteiger partial charge < -0.3 is 0 Å². The molecule has 0 aliphatic heterocycles. The molecular formula is C10H7ClFN3OS2.